The predicted octanol–water partition coefficient (Wildman–Crippen LogP) is 4.86. The van der Waals surface area contributed by atoms with Crippen molar-refractivity contribution in [2.75, 3.05) is 13.2 Å². The molecule has 0 radical (unpaired) electrons. The summed E-state index contributed by atoms with van der Waals surface area (Å²) in [6.45, 7) is 0.795. The van der Waals surface area contributed by atoms with Crippen molar-refractivity contribution in [2.24, 2.45) is 0 Å². The third-order valence-electron chi connectivity index (χ3n) is 5.71. The highest BCUT2D eigenvalue weighted by molar-refractivity contribution is 6.30. The number of ether oxygens (including phenoxy) is 1. The third kappa shape index (κ3) is 4.01. The molecule has 1 atom stereocenters. The van der Waals surface area contributed by atoms with Crippen LogP contribution < -0.4 is 0 Å². The van der Waals surface area contributed by atoms with Crippen molar-refractivity contribution in [3.63, 3.8) is 0 Å². The van der Waals surface area contributed by atoms with Crippen molar-refractivity contribution in [1.82, 2.24) is 4.90 Å². The molecule has 32 heavy (non-hydrogen) atoms. The standard InChI is InChI=1S/C26H23ClN2O3/c27-23-13-11-22(12-14-23)26(32-16-4-3-15-30,21-9-7-19(17-28)8-10-21)29-18-20-5-1-2-6-24(20)25(29)31/h1-2,5-14,30H,3-4,15-16,18H2. The fourth-order valence-corrected chi connectivity index (χ4v) is 4.24. The van der Waals surface area contributed by atoms with Gasteiger partial charge in [0.25, 0.3) is 5.91 Å². The van der Waals surface area contributed by atoms with Crippen LogP contribution in [0.15, 0.2) is 72.8 Å². The van der Waals surface area contributed by atoms with E-state index in [2.05, 4.69) is 6.07 Å². The van der Waals surface area contributed by atoms with Crippen LogP contribution in [0.25, 0.3) is 0 Å². The van der Waals surface area contributed by atoms with Gasteiger partial charge in [0.2, 0.25) is 0 Å². The van der Waals surface area contributed by atoms with Crippen molar-refractivity contribution < 1.29 is 14.6 Å². The van der Waals surface area contributed by atoms with Crippen LogP contribution >= 0.6 is 11.6 Å². The van der Waals surface area contributed by atoms with Crippen LogP contribution in [-0.2, 0) is 17.0 Å². The first-order valence-corrected chi connectivity index (χ1v) is 10.9. The average Bonchev–Trinajstić information content (AvgIpc) is 3.17. The molecule has 1 aliphatic heterocycles. The lowest BCUT2D eigenvalue weighted by molar-refractivity contribution is -0.118. The van der Waals surface area contributed by atoms with Gasteiger partial charge < -0.3 is 9.84 Å². The van der Waals surface area contributed by atoms with Gasteiger partial charge in [-0.3, -0.25) is 9.69 Å². The summed E-state index contributed by atoms with van der Waals surface area (Å²) in [6, 6.07) is 24.1. The van der Waals surface area contributed by atoms with Gasteiger partial charge in [0.1, 0.15) is 0 Å². The fourth-order valence-electron chi connectivity index (χ4n) is 4.11. The summed E-state index contributed by atoms with van der Waals surface area (Å²) in [5.41, 5.74) is 2.39. The summed E-state index contributed by atoms with van der Waals surface area (Å²) in [6.07, 6.45) is 1.23. The maximum atomic E-state index is 13.6. The highest BCUT2D eigenvalue weighted by Gasteiger charge is 2.47. The molecule has 0 aliphatic carbocycles. The summed E-state index contributed by atoms with van der Waals surface area (Å²) < 4.78 is 6.57. The molecule has 1 unspecified atom stereocenters. The lowest BCUT2D eigenvalue weighted by atomic mass is 9.91. The molecule has 3 aromatic rings. The second kappa shape index (κ2) is 9.54. The minimum absolute atomic E-state index is 0.0717. The molecular formula is C26H23ClN2O3. The van der Waals surface area contributed by atoms with Gasteiger partial charge in [-0.05, 0) is 48.7 Å². The Morgan fingerprint density at radius 1 is 1.00 bits per heavy atom. The number of amides is 1. The second-order valence-electron chi connectivity index (χ2n) is 7.67. The number of halogens is 1. The Bertz CT molecular complexity index is 1140. The summed E-state index contributed by atoms with van der Waals surface area (Å²) in [4.78, 5) is 15.3. The summed E-state index contributed by atoms with van der Waals surface area (Å²) in [5, 5.41) is 19.1. The molecule has 0 spiro atoms. The number of aliphatic hydroxyl groups is 1. The van der Waals surface area contributed by atoms with Crippen molar-refractivity contribution in [1.29, 1.82) is 5.26 Å². The quantitative estimate of drug-likeness (QED) is 0.501. The van der Waals surface area contributed by atoms with E-state index in [0.29, 0.717) is 42.1 Å². The van der Waals surface area contributed by atoms with Gasteiger partial charge in [-0.2, -0.15) is 5.26 Å². The smallest absolute Gasteiger partial charge is 0.257 e. The van der Waals surface area contributed by atoms with E-state index < -0.39 is 5.72 Å². The van der Waals surface area contributed by atoms with Crippen molar-refractivity contribution >= 4 is 17.5 Å². The first-order chi connectivity index (χ1) is 15.6. The van der Waals surface area contributed by atoms with Gasteiger partial charge in [-0.1, -0.05) is 54.1 Å². The number of hydrogen-bond acceptors (Lipinski definition) is 4. The van der Waals surface area contributed by atoms with Gasteiger partial charge in [-0.15, -0.1) is 0 Å². The van der Waals surface area contributed by atoms with E-state index in [-0.39, 0.29) is 12.5 Å². The zero-order chi connectivity index (χ0) is 22.6. The van der Waals surface area contributed by atoms with E-state index in [1.807, 2.05) is 48.5 Å². The molecule has 162 valence electrons. The Kier molecular flexibility index (Phi) is 6.57. The summed E-state index contributed by atoms with van der Waals surface area (Å²) in [7, 11) is 0. The molecule has 4 rings (SSSR count). The predicted molar refractivity (Wildman–Crippen MR) is 122 cm³/mol. The number of aliphatic hydroxyl groups excluding tert-OH is 1. The van der Waals surface area contributed by atoms with Crippen molar-refractivity contribution in [3.05, 3.63) is 106 Å². The van der Waals surface area contributed by atoms with Crippen molar-refractivity contribution in [2.45, 2.75) is 25.1 Å². The number of benzene rings is 3. The zero-order valence-corrected chi connectivity index (χ0v) is 18.3. The number of nitriles is 1. The van der Waals surface area contributed by atoms with Crippen LogP contribution in [0.2, 0.25) is 5.02 Å². The number of carbonyl (C=O) groups is 1. The van der Waals surface area contributed by atoms with Crippen molar-refractivity contribution in [3.8, 4) is 6.07 Å². The summed E-state index contributed by atoms with van der Waals surface area (Å²) >= 11 is 6.17. The molecular weight excluding hydrogens is 424 g/mol. The Labute approximate surface area is 192 Å². The van der Waals surface area contributed by atoms with Gasteiger partial charge >= 0.3 is 0 Å². The molecule has 5 nitrogen and oxygen atoms in total. The lowest BCUT2D eigenvalue weighted by Gasteiger charge is -2.42. The first-order valence-electron chi connectivity index (χ1n) is 10.5. The zero-order valence-electron chi connectivity index (χ0n) is 17.5. The number of carbonyl (C=O) groups excluding carboxylic acids is 1. The highest BCUT2D eigenvalue weighted by atomic mass is 35.5. The topological polar surface area (TPSA) is 73.6 Å². The Morgan fingerprint density at radius 2 is 1.66 bits per heavy atom. The Hall–Kier alpha value is -3.17. The molecule has 0 saturated heterocycles. The minimum atomic E-state index is -1.22. The van der Waals surface area contributed by atoms with Gasteiger partial charge in [0.15, 0.2) is 5.72 Å². The minimum Gasteiger partial charge on any atom is -0.396 e. The van der Waals surface area contributed by atoms with Crippen LogP contribution in [0.5, 0.6) is 0 Å². The Balaban J connectivity index is 1.88. The van der Waals surface area contributed by atoms with Crippen LogP contribution in [0.4, 0.5) is 0 Å². The molecule has 1 heterocycles. The molecule has 1 aliphatic rings. The molecule has 1 N–H and O–H groups in total. The van der Waals surface area contributed by atoms with Gasteiger partial charge in [0.05, 0.1) is 24.8 Å². The van der Waals surface area contributed by atoms with Crippen LogP contribution in [0, 0.1) is 11.3 Å². The van der Waals surface area contributed by atoms with Gasteiger partial charge in [-0.25, -0.2) is 0 Å². The molecule has 0 aromatic heterocycles. The lowest BCUT2D eigenvalue weighted by Crippen LogP contribution is -2.49. The Morgan fingerprint density at radius 3 is 2.28 bits per heavy atom. The largest absolute Gasteiger partial charge is 0.396 e. The molecule has 3 aromatic carbocycles. The maximum Gasteiger partial charge on any atom is 0.257 e. The monoisotopic (exact) mass is 446 g/mol. The highest BCUT2D eigenvalue weighted by Crippen LogP contribution is 2.43. The van der Waals surface area contributed by atoms with E-state index in [1.165, 1.54) is 0 Å². The molecule has 0 fully saturated rings. The van der Waals surface area contributed by atoms with Crippen LogP contribution in [0.3, 0.4) is 0 Å². The third-order valence-corrected chi connectivity index (χ3v) is 5.96. The number of hydrogen-bond donors (Lipinski definition) is 1. The number of unbranched alkanes of at least 4 members (excludes halogenated alkanes) is 1. The molecule has 6 heteroatoms. The van der Waals surface area contributed by atoms with E-state index in [0.717, 1.165) is 16.7 Å². The van der Waals surface area contributed by atoms with E-state index >= 15 is 0 Å². The molecule has 0 bridgehead atoms. The number of rotatable bonds is 8. The van der Waals surface area contributed by atoms with E-state index in [9.17, 15) is 15.2 Å². The van der Waals surface area contributed by atoms with E-state index in [4.69, 9.17) is 16.3 Å². The second-order valence-corrected chi connectivity index (χ2v) is 8.10. The average molecular weight is 447 g/mol. The van der Waals surface area contributed by atoms with Crippen LogP contribution in [0.1, 0.15) is 45.5 Å². The van der Waals surface area contributed by atoms with Gasteiger partial charge in [0, 0.05) is 28.3 Å². The number of nitrogens with zero attached hydrogens (tertiary/aromatic N) is 2. The SMILES string of the molecule is N#Cc1ccc(C(OCCCCO)(c2ccc(Cl)cc2)N2Cc3ccccc3C2=O)cc1. The maximum absolute atomic E-state index is 13.6. The van der Waals surface area contributed by atoms with E-state index in [1.54, 1.807) is 29.2 Å². The molecule has 0 saturated carbocycles. The summed E-state index contributed by atoms with van der Waals surface area (Å²) in [5.74, 6) is -0.123. The molecule has 1 amide bonds. The van der Waals surface area contributed by atoms with Crippen LogP contribution in [-0.4, -0.2) is 29.1 Å². The normalized spacial score (nSPS) is 14.7. The fraction of sp³-hybridized carbons (Fsp3) is 0.231. The first kappa shape index (κ1) is 22.0. The number of fused-ring (bicyclic) bond motifs is 1.